The van der Waals surface area contributed by atoms with Crippen LogP contribution in [-0.2, 0) is 6.42 Å². The molecule has 96 valence electrons. The molecule has 1 nitrogen and oxygen atoms in total. The molecule has 0 amide bonds. The Balaban J connectivity index is 2.67. The van der Waals surface area contributed by atoms with Crippen LogP contribution in [0.3, 0.4) is 0 Å². The van der Waals surface area contributed by atoms with Crippen LogP contribution in [0.15, 0.2) is 24.3 Å². The first kappa shape index (κ1) is 14.2. The first-order valence-electron chi connectivity index (χ1n) is 7.07. The molecule has 0 saturated heterocycles. The van der Waals surface area contributed by atoms with Crippen LogP contribution in [0.25, 0.3) is 0 Å². The lowest BCUT2D eigenvalue weighted by molar-refractivity contribution is 0.378. The Morgan fingerprint density at radius 2 is 1.71 bits per heavy atom. The van der Waals surface area contributed by atoms with E-state index in [0.29, 0.717) is 5.92 Å². The van der Waals surface area contributed by atoms with Gasteiger partial charge in [0.15, 0.2) is 0 Å². The zero-order valence-corrected chi connectivity index (χ0v) is 11.6. The van der Waals surface area contributed by atoms with E-state index in [0.717, 1.165) is 6.42 Å². The van der Waals surface area contributed by atoms with Gasteiger partial charge in [-0.25, -0.2) is 0 Å². The van der Waals surface area contributed by atoms with Crippen molar-refractivity contribution in [2.75, 3.05) is 0 Å². The van der Waals surface area contributed by atoms with Crippen LogP contribution in [0, 0.1) is 5.92 Å². The summed E-state index contributed by atoms with van der Waals surface area (Å²) in [5.41, 5.74) is 9.07. The van der Waals surface area contributed by atoms with E-state index in [-0.39, 0.29) is 6.04 Å². The zero-order valence-electron chi connectivity index (χ0n) is 11.6. The maximum absolute atomic E-state index is 6.38. The van der Waals surface area contributed by atoms with Gasteiger partial charge >= 0.3 is 0 Å². The molecule has 17 heavy (non-hydrogen) atoms. The van der Waals surface area contributed by atoms with Crippen molar-refractivity contribution < 1.29 is 0 Å². The quantitative estimate of drug-likeness (QED) is 0.739. The second-order valence-corrected chi connectivity index (χ2v) is 4.93. The van der Waals surface area contributed by atoms with Gasteiger partial charge in [0.05, 0.1) is 0 Å². The molecule has 0 spiro atoms. The highest BCUT2D eigenvalue weighted by Gasteiger charge is 2.16. The van der Waals surface area contributed by atoms with Gasteiger partial charge in [-0.15, -0.1) is 0 Å². The molecule has 2 unspecified atom stereocenters. The minimum absolute atomic E-state index is 0.206. The Morgan fingerprint density at radius 1 is 1.06 bits per heavy atom. The fourth-order valence-corrected chi connectivity index (χ4v) is 2.35. The first-order chi connectivity index (χ1) is 8.22. The fourth-order valence-electron chi connectivity index (χ4n) is 2.35. The number of benzene rings is 1. The van der Waals surface area contributed by atoms with E-state index in [1.54, 1.807) is 0 Å². The molecule has 0 bridgehead atoms. The largest absolute Gasteiger partial charge is 0.324 e. The normalized spacial score (nSPS) is 14.6. The van der Waals surface area contributed by atoms with Crippen molar-refractivity contribution >= 4 is 0 Å². The third kappa shape index (κ3) is 4.16. The fraction of sp³-hybridized carbons (Fsp3) is 0.625. The second-order valence-electron chi connectivity index (χ2n) is 4.93. The summed E-state index contributed by atoms with van der Waals surface area (Å²) < 4.78 is 0. The van der Waals surface area contributed by atoms with Crippen molar-refractivity contribution in [1.82, 2.24) is 0 Å². The lowest BCUT2D eigenvalue weighted by atomic mass is 9.87. The third-order valence-corrected chi connectivity index (χ3v) is 3.73. The molecule has 0 aromatic heterocycles. The number of rotatable bonds is 7. The Bertz CT molecular complexity index is 302. The number of aryl methyl sites for hydroxylation is 1. The third-order valence-electron chi connectivity index (χ3n) is 3.73. The van der Waals surface area contributed by atoms with Crippen molar-refractivity contribution in [2.45, 2.75) is 58.9 Å². The molecule has 1 rings (SSSR count). The Kier molecular flexibility index (Phi) is 6.28. The summed E-state index contributed by atoms with van der Waals surface area (Å²) >= 11 is 0. The van der Waals surface area contributed by atoms with E-state index < -0.39 is 0 Å². The molecule has 0 aliphatic heterocycles. The van der Waals surface area contributed by atoms with E-state index in [2.05, 4.69) is 45.0 Å². The van der Waals surface area contributed by atoms with E-state index in [1.807, 2.05) is 0 Å². The van der Waals surface area contributed by atoms with Gasteiger partial charge in [0.2, 0.25) is 0 Å². The van der Waals surface area contributed by atoms with Crippen molar-refractivity contribution in [3.8, 4) is 0 Å². The van der Waals surface area contributed by atoms with Gasteiger partial charge in [-0.1, -0.05) is 64.3 Å². The van der Waals surface area contributed by atoms with Crippen molar-refractivity contribution in [2.24, 2.45) is 11.7 Å². The van der Waals surface area contributed by atoms with Gasteiger partial charge in [0.1, 0.15) is 0 Å². The topological polar surface area (TPSA) is 26.0 Å². The standard InChI is InChI=1S/C16H27N/c1-4-7-8-14(6-3)16(17)15-11-9-13(5-2)10-12-15/h9-12,14,16H,4-8,17H2,1-3H3. The van der Waals surface area contributed by atoms with Crippen molar-refractivity contribution in [1.29, 1.82) is 0 Å². The Hall–Kier alpha value is -0.820. The summed E-state index contributed by atoms with van der Waals surface area (Å²) in [4.78, 5) is 0. The van der Waals surface area contributed by atoms with E-state index >= 15 is 0 Å². The monoisotopic (exact) mass is 233 g/mol. The molecular weight excluding hydrogens is 206 g/mol. The van der Waals surface area contributed by atoms with E-state index in [1.165, 1.54) is 36.8 Å². The number of unbranched alkanes of at least 4 members (excludes halogenated alkanes) is 1. The first-order valence-corrected chi connectivity index (χ1v) is 7.07. The minimum Gasteiger partial charge on any atom is -0.324 e. The van der Waals surface area contributed by atoms with Crippen LogP contribution in [0.1, 0.15) is 63.6 Å². The molecule has 2 N–H and O–H groups in total. The lowest BCUT2D eigenvalue weighted by Crippen LogP contribution is -2.21. The molecule has 1 aromatic rings. The van der Waals surface area contributed by atoms with Crippen LogP contribution in [0.2, 0.25) is 0 Å². The van der Waals surface area contributed by atoms with Gasteiger partial charge in [0.25, 0.3) is 0 Å². The summed E-state index contributed by atoms with van der Waals surface area (Å²) in [6, 6.07) is 9.04. The minimum atomic E-state index is 0.206. The van der Waals surface area contributed by atoms with Crippen molar-refractivity contribution in [3.05, 3.63) is 35.4 Å². The van der Waals surface area contributed by atoms with Crippen LogP contribution >= 0.6 is 0 Å². The van der Waals surface area contributed by atoms with Crippen LogP contribution in [0.4, 0.5) is 0 Å². The predicted molar refractivity (Wildman–Crippen MR) is 76.1 cm³/mol. The highest BCUT2D eigenvalue weighted by atomic mass is 14.6. The average molecular weight is 233 g/mol. The average Bonchev–Trinajstić information content (AvgIpc) is 2.39. The number of hydrogen-bond donors (Lipinski definition) is 1. The summed E-state index contributed by atoms with van der Waals surface area (Å²) in [5, 5.41) is 0. The van der Waals surface area contributed by atoms with Gasteiger partial charge in [-0.05, 0) is 29.9 Å². The summed E-state index contributed by atoms with van der Waals surface area (Å²) in [7, 11) is 0. The van der Waals surface area contributed by atoms with E-state index in [4.69, 9.17) is 5.73 Å². The molecule has 2 atom stereocenters. The molecule has 1 aromatic carbocycles. The van der Waals surface area contributed by atoms with Gasteiger partial charge in [-0.3, -0.25) is 0 Å². The van der Waals surface area contributed by atoms with Crippen LogP contribution in [-0.4, -0.2) is 0 Å². The number of nitrogens with two attached hydrogens (primary N) is 1. The molecule has 0 saturated carbocycles. The SMILES string of the molecule is CCCCC(CC)C(N)c1ccc(CC)cc1. The predicted octanol–water partition coefficient (Wildman–Crippen LogP) is 4.47. The maximum atomic E-state index is 6.38. The zero-order chi connectivity index (χ0) is 12.7. The highest BCUT2D eigenvalue weighted by molar-refractivity contribution is 5.25. The molecule has 0 aliphatic rings. The second kappa shape index (κ2) is 7.50. The highest BCUT2D eigenvalue weighted by Crippen LogP contribution is 2.27. The van der Waals surface area contributed by atoms with Crippen molar-refractivity contribution in [3.63, 3.8) is 0 Å². The summed E-state index contributed by atoms with van der Waals surface area (Å²) in [5.74, 6) is 0.627. The van der Waals surface area contributed by atoms with Crippen LogP contribution < -0.4 is 5.73 Å². The maximum Gasteiger partial charge on any atom is 0.0323 e. The smallest absolute Gasteiger partial charge is 0.0323 e. The molecular formula is C16H27N. The molecule has 0 fully saturated rings. The van der Waals surface area contributed by atoms with Gasteiger partial charge in [0, 0.05) is 6.04 Å². The van der Waals surface area contributed by atoms with Crippen LogP contribution in [0.5, 0.6) is 0 Å². The molecule has 0 aliphatic carbocycles. The van der Waals surface area contributed by atoms with E-state index in [9.17, 15) is 0 Å². The molecule has 1 heteroatoms. The van der Waals surface area contributed by atoms with Gasteiger partial charge in [-0.2, -0.15) is 0 Å². The molecule has 0 heterocycles. The lowest BCUT2D eigenvalue weighted by Gasteiger charge is -2.23. The summed E-state index contributed by atoms with van der Waals surface area (Å²) in [6.07, 6.45) is 6.08. The Labute approximate surface area is 106 Å². The molecule has 0 radical (unpaired) electrons. The summed E-state index contributed by atoms with van der Waals surface area (Å²) in [6.45, 7) is 6.68. The van der Waals surface area contributed by atoms with Gasteiger partial charge < -0.3 is 5.73 Å². The number of hydrogen-bond acceptors (Lipinski definition) is 1. The Morgan fingerprint density at radius 3 is 2.18 bits per heavy atom.